The molecular weight excluding hydrogens is 282 g/mol. The lowest BCUT2D eigenvalue weighted by Gasteiger charge is -2.31. The third-order valence-corrected chi connectivity index (χ3v) is 4.50. The second kappa shape index (κ2) is 7.98. The van der Waals surface area contributed by atoms with Crippen molar-refractivity contribution < 1.29 is 19.5 Å². The van der Waals surface area contributed by atoms with E-state index in [1.165, 1.54) is 0 Å². The van der Waals surface area contributed by atoms with Crippen LogP contribution in [0.3, 0.4) is 0 Å². The van der Waals surface area contributed by atoms with Crippen LogP contribution in [0, 0.1) is 0 Å². The average molecular weight is 303 g/mol. The predicted molar refractivity (Wildman–Crippen MR) is 76.5 cm³/mol. The molecule has 0 spiro atoms. The van der Waals surface area contributed by atoms with E-state index in [1.807, 2.05) is 6.26 Å². The molecule has 0 saturated heterocycles. The molecule has 0 aromatic rings. The number of thioether (sulfide) groups is 1. The summed E-state index contributed by atoms with van der Waals surface area (Å²) in [6.07, 6.45) is 5.69. The van der Waals surface area contributed by atoms with Crippen molar-refractivity contribution in [2.24, 2.45) is 5.73 Å². The largest absolute Gasteiger partial charge is 0.480 e. The van der Waals surface area contributed by atoms with Gasteiger partial charge >= 0.3 is 12.0 Å². The van der Waals surface area contributed by atoms with Crippen LogP contribution in [-0.2, 0) is 9.59 Å². The molecule has 1 fully saturated rings. The minimum absolute atomic E-state index is 0.0294. The van der Waals surface area contributed by atoms with Crippen molar-refractivity contribution in [3.63, 3.8) is 0 Å². The van der Waals surface area contributed by atoms with Gasteiger partial charge in [0.1, 0.15) is 6.04 Å². The minimum atomic E-state index is -1.29. The van der Waals surface area contributed by atoms with Crippen molar-refractivity contribution in [1.82, 2.24) is 10.6 Å². The van der Waals surface area contributed by atoms with Crippen LogP contribution < -0.4 is 16.4 Å². The number of primary amides is 1. The number of aliphatic carboxylic acids is 1. The van der Waals surface area contributed by atoms with Crippen LogP contribution in [0.5, 0.6) is 0 Å². The van der Waals surface area contributed by atoms with Crippen LogP contribution in [0.15, 0.2) is 0 Å². The van der Waals surface area contributed by atoms with Crippen LogP contribution in [0.4, 0.5) is 4.79 Å². The summed E-state index contributed by atoms with van der Waals surface area (Å²) in [7, 11) is 0. The molecule has 114 valence electrons. The monoisotopic (exact) mass is 303 g/mol. The number of amides is 3. The molecule has 0 aromatic carbocycles. The molecule has 2 unspecified atom stereocenters. The van der Waals surface area contributed by atoms with Gasteiger partial charge in [-0.3, -0.25) is 4.79 Å². The molecule has 0 radical (unpaired) electrons. The predicted octanol–water partition coefficient (Wildman–Crippen LogP) is 0.288. The van der Waals surface area contributed by atoms with E-state index in [2.05, 4.69) is 10.6 Å². The summed E-state index contributed by atoms with van der Waals surface area (Å²) in [5.41, 5.74) is 4.96. The van der Waals surface area contributed by atoms with E-state index < -0.39 is 30.4 Å². The maximum absolute atomic E-state index is 11.8. The van der Waals surface area contributed by atoms with Gasteiger partial charge in [-0.05, 0) is 19.1 Å². The Bertz CT molecular complexity index is 378. The van der Waals surface area contributed by atoms with Gasteiger partial charge < -0.3 is 21.5 Å². The summed E-state index contributed by atoms with van der Waals surface area (Å²) < 4.78 is 0. The lowest BCUT2D eigenvalue weighted by molar-refractivity contribution is -0.140. The standard InChI is InChI=1S/C12H21N3O4S/c1-20-9-5-3-2-4-7(9)14-12(19)15-8(11(17)18)6-10(13)16/h7-9H,2-6H2,1H3,(H2,13,16)(H,17,18)(H2,14,15,19)/t7?,8-,9?/m0/s1. The SMILES string of the molecule is CSC1CCCCC1NC(=O)N[C@@H](CC(N)=O)C(=O)O. The van der Waals surface area contributed by atoms with E-state index in [9.17, 15) is 14.4 Å². The Hall–Kier alpha value is -1.44. The molecule has 1 aliphatic carbocycles. The summed E-state index contributed by atoms with van der Waals surface area (Å²) in [5.74, 6) is -2.04. The van der Waals surface area contributed by atoms with E-state index in [1.54, 1.807) is 11.8 Å². The Kier molecular flexibility index (Phi) is 6.63. The smallest absolute Gasteiger partial charge is 0.326 e. The number of hydrogen-bond donors (Lipinski definition) is 4. The Morgan fingerprint density at radius 1 is 1.35 bits per heavy atom. The van der Waals surface area contributed by atoms with E-state index in [0.29, 0.717) is 5.25 Å². The van der Waals surface area contributed by atoms with Crippen molar-refractivity contribution >= 4 is 29.7 Å². The van der Waals surface area contributed by atoms with Crippen LogP contribution in [0.1, 0.15) is 32.1 Å². The van der Waals surface area contributed by atoms with E-state index in [4.69, 9.17) is 10.8 Å². The number of carboxylic acids is 1. The highest BCUT2D eigenvalue weighted by atomic mass is 32.2. The molecule has 3 amide bonds. The first kappa shape index (κ1) is 16.6. The maximum atomic E-state index is 11.8. The van der Waals surface area contributed by atoms with Gasteiger partial charge in [-0.15, -0.1) is 0 Å². The van der Waals surface area contributed by atoms with Gasteiger partial charge in [-0.25, -0.2) is 9.59 Å². The molecule has 7 nitrogen and oxygen atoms in total. The third kappa shape index (κ3) is 5.28. The maximum Gasteiger partial charge on any atom is 0.326 e. The Morgan fingerprint density at radius 3 is 2.55 bits per heavy atom. The first-order valence-electron chi connectivity index (χ1n) is 6.55. The Labute approximate surface area is 122 Å². The summed E-state index contributed by atoms with van der Waals surface area (Å²) in [6, 6.07) is -1.82. The zero-order valence-corrected chi connectivity index (χ0v) is 12.2. The number of carbonyl (C=O) groups excluding carboxylic acids is 2. The number of rotatable bonds is 6. The molecule has 0 aliphatic heterocycles. The van der Waals surface area contributed by atoms with Crippen molar-refractivity contribution in [1.29, 1.82) is 0 Å². The molecule has 8 heteroatoms. The number of carbonyl (C=O) groups is 3. The van der Waals surface area contributed by atoms with Gasteiger partial charge in [0.25, 0.3) is 0 Å². The zero-order valence-electron chi connectivity index (χ0n) is 11.4. The number of nitrogens with two attached hydrogens (primary N) is 1. The fraction of sp³-hybridized carbons (Fsp3) is 0.750. The molecule has 0 heterocycles. The number of urea groups is 1. The van der Waals surface area contributed by atoms with E-state index in [-0.39, 0.29) is 6.04 Å². The van der Waals surface area contributed by atoms with Gasteiger partial charge in [0, 0.05) is 11.3 Å². The van der Waals surface area contributed by atoms with Gasteiger partial charge in [0.15, 0.2) is 0 Å². The minimum Gasteiger partial charge on any atom is -0.480 e. The highest BCUT2D eigenvalue weighted by Gasteiger charge is 2.28. The lowest BCUT2D eigenvalue weighted by atomic mass is 9.95. The van der Waals surface area contributed by atoms with Gasteiger partial charge in [0.05, 0.1) is 6.42 Å². The summed E-state index contributed by atoms with van der Waals surface area (Å²) in [6.45, 7) is 0. The summed E-state index contributed by atoms with van der Waals surface area (Å²) in [5, 5.41) is 14.3. The second-order valence-corrected chi connectivity index (χ2v) is 5.92. The van der Waals surface area contributed by atoms with Crippen LogP contribution >= 0.6 is 11.8 Å². The first-order chi connectivity index (χ1) is 9.43. The lowest BCUT2D eigenvalue weighted by Crippen LogP contribution is -2.52. The van der Waals surface area contributed by atoms with Crippen molar-refractivity contribution in [2.45, 2.75) is 49.4 Å². The Morgan fingerprint density at radius 2 is 2.00 bits per heavy atom. The van der Waals surface area contributed by atoms with Crippen LogP contribution in [0.25, 0.3) is 0 Å². The Balaban J connectivity index is 2.51. The average Bonchev–Trinajstić information content (AvgIpc) is 2.37. The highest BCUT2D eigenvalue weighted by molar-refractivity contribution is 7.99. The third-order valence-electron chi connectivity index (χ3n) is 3.33. The van der Waals surface area contributed by atoms with Gasteiger partial charge in [0.2, 0.25) is 5.91 Å². The molecule has 1 aliphatic rings. The molecular formula is C12H21N3O4S. The molecule has 0 bridgehead atoms. The summed E-state index contributed by atoms with van der Waals surface area (Å²) in [4.78, 5) is 33.5. The zero-order chi connectivity index (χ0) is 15.1. The molecule has 0 aromatic heterocycles. The molecule has 5 N–H and O–H groups in total. The van der Waals surface area contributed by atoms with Gasteiger partial charge in [-0.2, -0.15) is 11.8 Å². The molecule has 20 heavy (non-hydrogen) atoms. The quantitative estimate of drug-likeness (QED) is 0.562. The molecule has 3 atom stereocenters. The summed E-state index contributed by atoms with van der Waals surface area (Å²) >= 11 is 1.70. The van der Waals surface area contributed by atoms with Crippen molar-refractivity contribution in [2.75, 3.05) is 6.26 Å². The second-order valence-electron chi connectivity index (χ2n) is 4.84. The number of carboxylic acid groups (broad SMARTS) is 1. The van der Waals surface area contributed by atoms with Crippen LogP contribution in [0.2, 0.25) is 0 Å². The van der Waals surface area contributed by atoms with E-state index in [0.717, 1.165) is 25.7 Å². The fourth-order valence-electron chi connectivity index (χ4n) is 2.31. The molecule has 1 saturated carbocycles. The van der Waals surface area contributed by atoms with Crippen molar-refractivity contribution in [3.8, 4) is 0 Å². The van der Waals surface area contributed by atoms with E-state index >= 15 is 0 Å². The normalized spacial score (nSPS) is 23.6. The topological polar surface area (TPSA) is 122 Å². The fourth-order valence-corrected chi connectivity index (χ4v) is 3.25. The number of nitrogens with one attached hydrogen (secondary N) is 2. The highest BCUT2D eigenvalue weighted by Crippen LogP contribution is 2.26. The van der Waals surface area contributed by atoms with Crippen LogP contribution in [-0.4, -0.2) is 46.6 Å². The van der Waals surface area contributed by atoms with Gasteiger partial charge in [-0.1, -0.05) is 12.8 Å². The molecule has 1 rings (SSSR count). The number of hydrogen-bond acceptors (Lipinski definition) is 4. The van der Waals surface area contributed by atoms with Crippen molar-refractivity contribution in [3.05, 3.63) is 0 Å². The first-order valence-corrected chi connectivity index (χ1v) is 7.83.